The van der Waals surface area contributed by atoms with Crippen LogP contribution in [0.15, 0.2) is 91.4 Å². The third kappa shape index (κ3) is 3.99. The topological polar surface area (TPSA) is 55.4 Å². The van der Waals surface area contributed by atoms with E-state index in [9.17, 15) is 9.18 Å². The highest BCUT2D eigenvalue weighted by Crippen LogP contribution is 2.29. The maximum Gasteiger partial charge on any atom is 0.273 e. The van der Waals surface area contributed by atoms with Crippen LogP contribution in [0.2, 0.25) is 0 Å². The molecule has 35 heavy (non-hydrogen) atoms. The summed E-state index contributed by atoms with van der Waals surface area (Å²) in [5.41, 5.74) is 4.49. The van der Waals surface area contributed by atoms with E-state index in [2.05, 4.69) is 17.2 Å². The predicted octanol–water partition coefficient (Wildman–Crippen LogP) is 5.31. The molecule has 0 bridgehead atoms. The maximum atomic E-state index is 14.2. The second-order valence-electron chi connectivity index (χ2n) is 8.86. The van der Waals surface area contributed by atoms with Gasteiger partial charge in [0.1, 0.15) is 22.9 Å². The van der Waals surface area contributed by atoms with Crippen LogP contribution < -0.4 is 0 Å². The smallest absolute Gasteiger partial charge is 0.273 e. The van der Waals surface area contributed by atoms with Crippen molar-refractivity contribution in [2.45, 2.75) is 25.4 Å². The summed E-state index contributed by atoms with van der Waals surface area (Å²) in [5.74, 6) is -0.550. The number of rotatable bonds is 5. The van der Waals surface area contributed by atoms with Gasteiger partial charge in [0.05, 0.1) is 18.8 Å². The van der Waals surface area contributed by atoms with Gasteiger partial charge in [0, 0.05) is 30.1 Å². The standard InChI is InChI=1S/C28H24FN5O/c29-23-13-14-25-31-26(21-10-5-2-6-11-21)27(34(25)18-23)28(35)33-15-7-12-24(33)19-32-17-22(16-30-32)20-8-3-1-4-9-20/h1-6,8-11,13-14,16-18,24H,7,12,15,19H2/t24-/m0/s1. The van der Waals surface area contributed by atoms with E-state index < -0.39 is 5.82 Å². The molecule has 3 aromatic heterocycles. The zero-order chi connectivity index (χ0) is 23.8. The quantitative estimate of drug-likeness (QED) is 0.354. The maximum absolute atomic E-state index is 14.2. The molecule has 1 saturated heterocycles. The van der Waals surface area contributed by atoms with E-state index in [0.29, 0.717) is 30.1 Å². The van der Waals surface area contributed by atoms with Gasteiger partial charge in [-0.05, 0) is 30.5 Å². The number of halogens is 1. The number of likely N-dealkylation sites (tertiary alicyclic amines) is 1. The molecule has 0 spiro atoms. The van der Waals surface area contributed by atoms with Gasteiger partial charge < -0.3 is 4.90 Å². The second-order valence-corrected chi connectivity index (χ2v) is 8.86. The van der Waals surface area contributed by atoms with Gasteiger partial charge in [-0.3, -0.25) is 13.9 Å². The summed E-state index contributed by atoms with van der Waals surface area (Å²) >= 11 is 0. The van der Waals surface area contributed by atoms with Crippen molar-refractivity contribution in [3.05, 3.63) is 103 Å². The Morgan fingerprint density at radius 3 is 2.43 bits per heavy atom. The largest absolute Gasteiger partial charge is 0.332 e. The van der Waals surface area contributed by atoms with Crippen molar-refractivity contribution < 1.29 is 9.18 Å². The summed E-state index contributed by atoms with van der Waals surface area (Å²) in [6.45, 7) is 1.25. The van der Waals surface area contributed by atoms with Crippen LogP contribution in [0.25, 0.3) is 28.0 Å². The SMILES string of the molecule is O=C(c1c(-c2ccccc2)nc2ccc(F)cn12)N1CCC[C@H]1Cn1cc(-c2ccccc2)cn1. The molecular formula is C28H24FN5O. The van der Waals surface area contributed by atoms with E-state index in [4.69, 9.17) is 4.98 Å². The van der Waals surface area contributed by atoms with Crippen molar-refractivity contribution in [1.29, 1.82) is 0 Å². The molecule has 1 amide bonds. The van der Waals surface area contributed by atoms with Crippen LogP contribution in [0.1, 0.15) is 23.3 Å². The molecule has 7 heteroatoms. The minimum atomic E-state index is -0.411. The Kier molecular flexibility index (Phi) is 5.37. The van der Waals surface area contributed by atoms with Crippen LogP contribution in [-0.2, 0) is 6.54 Å². The van der Waals surface area contributed by atoms with Crippen LogP contribution in [0.5, 0.6) is 0 Å². The van der Waals surface area contributed by atoms with Crippen molar-refractivity contribution in [3.63, 3.8) is 0 Å². The van der Waals surface area contributed by atoms with E-state index in [0.717, 1.165) is 29.5 Å². The molecule has 174 valence electrons. The molecule has 0 aliphatic carbocycles. The van der Waals surface area contributed by atoms with Crippen LogP contribution in [0, 0.1) is 5.82 Å². The summed E-state index contributed by atoms with van der Waals surface area (Å²) in [6, 6.07) is 22.7. The Balaban J connectivity index is 1.33. The Morgan fingerprint density at radius 2 is 1.66 bits per heavy atom. The first kappa shape index (κ1) is 21.3. The first-order valence-corrected chi connectivity index (χ1v) is 11.8. The summed E-state index contributed by atoms with van der Waals surface area (Å²) in [5, 5.41) is 4.55. The lowest BCUT2D eigenvalue weighted by Gasteiger charge is -2.25. The number of aromatic nitrogens is 4. The molecular weight excluding hydrogens is 441 g/mol. The lowest BCUT2D eigenvalue weighted by Crippen LogP contribution is -2.39. The van der Waals surface area contributed by atoms with Gasteiger partial charge in [-0.2, -0.15) is 5.10 Å². The first-order valence-electron chi connectivity index (χ1n) is 11.8. The third-order valence-electron chi connectivity index (χ3n) is 6.61. The fourth-order valence-electron chi connectivity index (χ4n) is 4.91. The fourth-order valence-corrected chi connectivity index (χ4v) is 4.91. The highest BCUT2D eigenvalue weighted by molar-refractivity contribution is 6.00. The molecule has 6 rings (SSSR count). The summed E-state index contributed by atoms with van der Waals surface area (Å²) in [4.78, 5) is 20.6. The molecule has 0 N–H and O–H groups in total. The summed E-state index contributed by atoms with van der Waals surface area (Å²) < 4.78 is 17.7. The molecule has 1 fully saturated rings. The summed E-state index contributed by atoms with van der Waals surface area (Å²) in [7, 11) is 0. The van der Waals surface area contributed by atoms with E-state index in [-0.39, 0.29) is 11.9 Å². The zero-order valence-electron chi connectivity index (χ0n) is 19.1. The predicted molar refractivity (Wildman–Crippen MR) is 132 cm³/mol. The Hall–Kier alpha value is -4.26. The van der Waals surface area contributed by atoms with Crippen molar-refractivity contribution in [2.24, 2.45) is 0 Å². The highest BCUT2D eigenvalue weighted by atomic mass is 19.1. The number of fused-ring (bicyclic) bond motifs is 1. The molecule has 0 unspecified atom stereocenters. The van der Waals surface area contributed by atoms with Gasteiger partial charge in [0.15, 0.2) is 0 Å². The molecule has 1 aliphatic heterocycles. The number of carbonyl (C=O) groups is 1. The Labute approximate surface area is 202 Å². The van der Waals surface area contributed by atoms with Crippen LogP contribution >= 0.6 is 0 Å². The molecule has 0 radical (unpaired) electrons. The Bertz CT molecular complexity index is 1490. The lowest BCUT2D eigenvalue weighted by atomic mass is 10.1. The molecule has 0 saturated carbocycles. The molecule has 6 nitrogen and oxygen atoms in total. The van der Waals surface area contributed by atoms with E-state index >= 15 is 0 Å². The van der Waals surface area contributed by atoms with Crippen LogP contribution in [0.4, 0.5) is 4.39 Å². The molecule has 1 atom stereocenters. The first-order chi connectivity index (χ1) is 17.2. The number of pyridine rings is 1. The van der Waals surface area contributed by atoms with Gasteiger partial charge in [-0.1, -0.05) is 60.7 Å². The molecule has 2 aromatic carbocycles. The van der Waals surface area contributed by atoms with Gasteiger partial charge in [0.2, 0.25) is 0 Å². The van der Waals surface area contributed by atoms with Crippen LogP contribution in [0.3, 0.4) is 0 Å². The average Bonchev–Trinajstić information content (AvgIpc) is 3.63. The minimum Gasteiger partial charge on any atom is -0.332 e. The normalized spacial score (nSPS) is 15.7. The molecule has 4 heterocycles. The zero-order valence-corrected chi connectivity index (χ0v) is 19.1. The average molecular weight is 466 g/mol. The Morgan fingerprint density at radius 1 is 0.914 bits per heavy atom. The number of amides is 1. The third-order valence-corrected chi connectivity index (χ3v) is 6.61. The monoisotopic (exact) mass is 465 g/mol. The van der Waals surface area contributed by atoms with Crippen molar-refractivity contribution in [1.82, 2.24) is 24.1 Å². The van der Waals surface area contributed by atoms with Crippen LogP contribution in [-0.4, -0.2) is 42.6 Å². The van der Waals surface area contributed by atoms with Gasteiger partial charge in [-0.15, -0.1) is 0 Å². The second kappa shape index (κ2) is 8.83. The number of nitrogens with zero attached hydrogens (tertiary/aromatic N) is 5. The number of imidazole rings is 1. The number of hydrogen-bond donors (Lipinski definition) is 0. The summed E-state index contributed by atoms with van der Waals surface area (Å²) in [6.07, 6.45) is 7.02. The number of carbonyl (C=O) groups excluding carboxylic acids is 1. The fraction of sp³-hybridized carbons (Fsp3) is 0.179. The van der Waals surface area contributed by atoms with Gasteiger partial charge in [-0.25, -0.2) is 9.37 Å². The van der Waals surface area contributed by atoms with E-state index in [1.54, 1.807) is 10.5 Å². The van der Waals surface area contributed by atoms with Gasteiger partial charge >= 0.3 is 0 Å². The molecule has 5 aromatic rings. The number of hydrogen-bond acceptors (Lipinski definition) is 3. The van der Waals surface area contributed by atoms with Crippen molar-refractivity contribution >= 4 is 11.6 Å². The lowest BCUT2D eigenvalue weighted by molar-refractivity contribution is 0.0715. The molecule has 1 aliphatic rings. The van der Waals surface area contributed by atoms with Crippen molar-refractivity contribution in [3.8, 4) is 22.4 Å². The highest BCUT2D eigenvalue weighted by Gasteiger charge is 2.33. The van der Waals surface area contributed by atoms with Crippen molar-refractivity contribution in [2.75, 3.05) is 6.54 Å². The minimum absolute atomic E-state index is 0.00578. The van der Waals surface area contributed by atoms with E-state index in [1.807, 2.05) is 70.5 Å². The van der Waals surface area contributed by atoms with Gasteiger partial charge in [0.25, 0.3) is 5.91 Å². The number of benzene rings is 2. The van der Waals surface area contributed by atoms with E-state index in [1.165, 1.54) is 12.3 Å².